The Morgan fingerprint density at radius 3 is 1.61 bits per heavy atom. The van der Waals surface area contributed by atoms with Gasteiger partial charge in [0.2, 0.25) is 5.75 Å². The summed E-state index contributed by atoms with van der Waals surface area (Å²) in [7, 11) is -3.55. The van der Waals surface area contributed by atoms with Crippen molar-refractivity contribution in [1.29, 1.82) is 0 Å². The topological polar surface area (TPSA) is 230 Å². The van der Waals surface area contributed by atoms with E-state index in [1.54, 1.807) is 0 Å². The van der Waals surface area contributed by atoms with Crippen LogP contribution in [0.5, 0.6) is 11.5 Å². The van der Waals surface area contributed by atoms with Crippen molar-refractivity contribution in [2.24, 2.45) is 0 Å². The molecule has 14 nitrogen and oxygen atoms in total. The van der Waals surface area contributed by atoms with Crippen LogP contribution in [0.3, 0.4) is 0 Å². The van der Waals surface area contributed by atoms with E-state index in [2.05, 4.69) is 41.3 Å². The number of phenols is 2. The Kier molecular flexibility index (Phi) is 19.4. The van der Waals surface area contributed by atoms with Crippen LogP contribution in [-0.4, -0.2) is 102 Å². The molecule has 0 amide bonds. The molecule has 0 saturated heterocycles. The zero-order chi connectivity index (χ0) is 28.7. The fraction of sp³-hybridized carbons (Fsp3) is 0.125. The molecule has 0 unspecified atom stereocenters. The predicted molar refractivity (Wildman–Crippen MR) is 135 cm³/mol. The van der Waals surface area contributed by atoms with E-state index in [1.165, 1.54) is 75.0 Å². The van der Waals surface area contributed by atoms with Crippen molar-refractivity contribution in [2.45, 2.75) is 0 Å². The Morgan fingerprint density at radius 1 is 0.889 bits per heavy atom. The summed E-state index contributed by atoms with van der Waals surface area (Å²) in [5, 5.41) is 29.4. The molecule has 0 bridgehead atoms. The summed E-state index contributed by atoms with van der Waals surface area (Å²) in [5.41, 5.74) is 4.69. The van der Waals surface area contributed by atoms with Crippen molar-refractivity contribution >= 4 is 117 Å². The van der Waals surface area contributed by atoms with E-state index >= 15 is 0 Å². The van der Waals surface area contributed by atoms with Crippen molar-refractivity contribution in [3.05, 3.63) is 54.5 Å². The zero-order valence-corrected chi connectivity index (χ0v) is 27.7. The van der Waals surface area contributed by atoms with Gasteiger partial charge in [0.15, 0.2) is 5.75 Å². The number of hydrogen-bond acceptors (Lipinski definition) is 13. The number of carbonyl (C=O) groups is 2. The van der Waals surface area contributed by atoms with E-state index in [-0.39, 0.29) is 27.0 Å². The van der Waals surface area contributed by atoms with Crippen LogP contribution < -0.4 is 5.73 Å². The summed E-state index contributed by atoms with van der Waals surface area (Å²) >= 11 is 8.87. The van der Waals surface area contributed by atoms with Gasteiger partial charge in [-0.25, -0.2) is 9.59 Å². The number of esters is 2. The predicted octanol–water partition coefficient (Wildman–Crippen LogP) is 1.27. The first-order chi connectivity index (χ1) is 16.7. The fourth-order valence-electron chi connectivity index (χ4n) is 1.88. The van der Waals surface area contributed by atoms with Gasteiger partial charge < -0.3 is 25.4 Å². The molecule has 188 valence electrons. The molecule has 0 radical (unpaired) electrons. The number of phenolic OH excluding ortho intramolecular Hbond substituents is 2. The third kappa shape index (κ3) is 11.9. The van der Waals surface area contributed by atoms with E-state index < -0.39 is 46.8 Å². The van der Waals surface area contributed by atoms with Crippen molar-refractivity contribution in [3.63, 3.8) is 0 Å². The van der Waals surface area contributed by atoms with Gasteiger partial charge in [0, 0.05) is 0 Å². The number of ether oxygens (including phenoxy) is 2. The first-order valence-corrected chi connectivity index (χ1v) is 21.2. The molecule has 2 aromatic carbocycles. The Bertz CT molecular complexity index is 1330. The van der Waals surface area contributed by atoms with E-state index in [0.29, 0.717) is 4.47 Å². The Labute approximate surface area is 251 Å². The van der Waals surface area contributed by atoms with E-state index in [4.69, 9.17) is 22.6 Å². The molecule has 0 aliphatic carbocycles. The average molecular weight is 696 g/mol. The third-order valence-electron chi connectivity index (χ3n) is 3.37. The van der Waals surface area contributed by atoms with Crippen molar-refractivity contribution < 1.29 is 51.0 Å². The van der Waals surface area contributed by atoms with Gasteiger partial charge in [0.1, 0.15) is 5.56 Å². The van der Waals surface area contributed by atoms with Crippen molar-refractivity contribution in [1.82, 2.24) is 0 Å². The maximum absolute atomic E-state index is 11.1. The number of anilines is 1. The molecule has 0 aliphatic rings. The first-order valence-electron chi connectivity index (χ1n) is 8.99. The van der Waals surface area contributed by atoms with Gasteiger partial charge in [-0.1, -0.05) is 0 Å². The summed E-state index contributed by atoms with van der Waals surface area (Å²) in [6.45, 7) is 0. The second-order valence-corrected chi connectivity index (χ2v) is 9.46. The molecule has 0 aromatic heterocycles. The number of carbonyl (C=O) groups excluding carboxylic acids is 2. The summed E-state index contributed by atoms with van der Waals surface area (Å²) in [6, 6.07) is 5.53. The summed E-state index contributed by atoms with van der Waals surface area (Å²) < 4.78 is 45.7. The molecular formula is C16H14Br2N2Na2O12S2. The van der Waals surface area contributed by atoms with Gasteiger partial charge in [-0.2, -0.15) is 16.8 Å². The zero-order valence-electron chi connectivity index (χ0n) is 18.9. The summed E-state index contributed by atoms with van der Waals surface area (Å²) in [5.74, 6) is -2.18. The van der Waals surface area contributed by atoms with Gasteiger partial charge >= 0.3 is 79.8 Å². The molecule has 20 heteroatoms. The monoisotopic (exact) mass is 694 g/mol. The second-order valence-electron chi connectivity index (χ2n) is 5.30. The second kappa shape index (κ2) is 18.9. The average Bonchev–Trinajstić information content (AvgIpc) is 2.85. The SMILES string of the molecule is COC(=O)c1ccc(Br)c(O)c1N.COC(=O)c1ccc(Br)c(O)c1[N+](=O)[O-].O=S(=O)=S(=O)=O.[Na][Na]. The minimum atomic E-state index is -2.95. The van der Waals surface area contributed by atoms with Crippen LogP contribution in [0.1, 0.15) is 20.7 Å². The number of nitro groups is 1. The molecule has 0 heterocycles. The summed E-state index contributed by atoms with van der Waals surface area (Å²) in [4.78, 5) is 32.0. The number of hydrogen-bond donors (Lipinski definition) is 3. The Hall–Kier alpha value is -1.22. The number of nitrogens with zero attached hydrogens (tertiary/aromatic N) is 1. The van der Waals surface area contributed by atoms with Crippen LogP contribution in [0.15, 0.2) is 33.2 Å². The van der Waals surface area contributed by atoms with Crippen LogP contribution in [0.25, 0.3) is 0 Å². The number of nitrogen functional groups attached to an aromatic ring is 1. The Balaban J connectivity index is 0. The third-order valence-corrected chi connectivity index (χ3v) is 5.54. The van der Waals surface area contributed by atoms with Crippen LogP contribution in [0, 0.1) is 10.1 Å². The van der Waals surface area contributed by atoms with Gasteiger partial charge in [0.25, 0.3) is 0 Å². The molecule has 0 aliphatic heterocycles. The quantitative estimate of drug-likeness (QED) is 0.103. The molecule has 0 spiro atoms. The Morgan fingerprint density at radius 2 is 1.25 bits per heavy atom. The first kappa shape index (κ1) is 36.9. The van der Waals surface area contributed by atoms with Gasteiger partial charge in [-0.05, 0) is 56.1 Å². The number of benzene rings is 2. The van der Waals surface area contributed by atoms with Crippen molar-refractivity contribution in [2.75, 3.05) is 20.0 Å². The van der Waals surface area contributed by atoms with Gasteiger partial charge in [-0.15, -0.1) is 0 Å². The fourth-order valence-corrected chi connectivity index (χ4v) is 2.55. The molecule has 0 atom stereocenters. The van der Waals surface area contributed by atoms with Crippen LogP contribution in [0.2, 0.25) is 0 Å². The van der Waals surface area contributed by atoms with E-state index in [0.717, 1.165) is 7.11 Å². The standard InChI is InChI=1S/C8H6BrNO5.C8H8BrNO3.2Na.O4S2/c1-15-8(12)4-2-3-5(9)7(11)6(4)10(13)14;1-13-8(12)4-2-3-5(9)7(11)6(4)10;;;1-5(2)6(3)4/h2-3,11H,1H3;2-3,11H,10H2,1H3;;;. The molecule has 2 aromatic rings. The molecular weight excluding hydrogens is 682 g/mol. The van der Waals surface area contributed by atoms with Crippen molar-refractivity contribution in [3.8, 4) is 11.5 Å². The number of methoxy groups -OCH3 is 2. The molecule has 0 fully saturated rings. The number of rotatable bonds is 3. The van der Waals surface area contributed by atoms with E-state index in [9.17, 15) is 29.9 Å². The van der Waals surface area contributed by atoms with E-state index in [1.807, 2.05) is 0 Å². The maximum atomic E-state index is 11.1. The van der Waals surface area contributed by atoms with Crippen LogP contribution in [0.4, 0.5) is 11.4 Å². The number of nitrogens with two attached hydrogens (primary N) is 1. The number of aromatic hydroxyl groups is 2. The van der Waals surface area contributed by atoms with Crippen LogP contribution >= 0.6 is 31.9 Å². The van der Waals surface area contributed by atoms with Gasteiger partial charge in [-0.3, -0.25) is 10.1 Å². The number of halogens is 2. The minimum absolute atomic E-state index is 0.0150. The summed E-state index contributed by atoms with van der Waals surface area (Å²) in [6.07, 6.45) is 0. The molecule has 36 heavy (non-hydrogen) atoms. The normalized spacial score (nSPS) is 9.00. The number of nitro benzene ring substituents is 1. The molecule has 0 saturated carbocycles. The van der Waals surface area contributed by atoms with Crippen LogP contribution in [-0.2, 0) is 28.0 Å². The molecule has 4 N–H and O–H groups in total. The molecule has 2 rings (SSSR count). The van der Waals surface area contributed by atoms with Gasteiger partial charge in [0.05, 0.1) is 39.3 Å².